The average molecular weight is 233 g/mol. The van der Waals surface area contributed by atoms with Crippen LogP contribution < -0.4 is 0 Å². The van der Waals surface area contributed by atoms with Crippen LogP contribution in [0, 0.1) is 0 Å². The minimum Gasteiger partial charge on any atom is -0.299 e. The monoisotopic (exact) mass is 233 g/mol. The van der Waals surface area contributed by atoms with E-state index >= 15 is 0 Å². The molecule has 1 nitrogen and oxygen atoms in total. The van der Waals surface area contributed by atoms with Crippen LogP contribution >= 0.6 is 0 Å². The molecule has 1 aromatic carbocycles. The van der Waals surface area contributed by atoms with E-state index in [0.29, 0.717) is 18.0 Å². The molecule has 1 unspecified atom stereocenters. The Balaban J connectivity index is 2.50. The van der Waals surface area contributed by atoms with Crippen LogP contribution in [0.5, 0.6) is 0 Å². The van der Waals surface area contributed by atoms with Crippen molar-refractivity contribution in [2.45, 2.75) is 59.0 Å². The molecule has 0 aliphatic rings. The van der Waals surface area contributed by atoms with Crippen LogP contribution in [-0.2, 0) is 0 Å². The summed E-state index contributed by atoms with van der Waals surface area (Å²) >= 11 is 0. The molecular weight excluding hydrogens is 206 g/mol. The minimum atomic E-state index is 0.637. The summed E-state index contributed by atoms with van der Waals surface area (Å²) in [7, 11) is 0. The summed E-state index contributed by atoms with van der Waals surface area (Å²) in [6.45, 7) is 12.7. The molecule has 0 amide bonds. The molecule has 1 aromatic rings. The third-order valence-electron chi connectivity index (χ3n) is 3.52. The van der Waals surface area contributed by atoms with Gasteiger partial charge < -0.3 is 0 Å². The maximum absolute atomic E-state index is 2.57. The van der Waals surface area contributed by atoms with Crippen molar-refractivity contribution in [2.75, 3.05) is 6.54 Å². The predicted octanol–water partition coefficient (Wildman–Crippen LogP) is 4.30. The van der Waals surface area contributed by atoms with E-state index < -0.39 is 0 Å². The van der Waals surface area contributed by atoms with Gasteiger partial charge in [-0.05, 0) is 52.1 Å². The Morgan fingerprint density at radius 1 is 0.882 bits per heavy atom. The number of hydrogen-bond acceptors (Lipinski definition) is 1. The van der Waals surface area contributed by atoms with Gasteiger partial charge in [0.15, 0.2) is 0 Å². The molecule has 0 aromatic heterocycles. The SMILES string of the molecule is CC(CCN(C(C)C)C(C)C)c1ccccc1. The van der Waals surface area contributed by atoms with Crippen LogP contribution in [0.25, 0.3) is 0 Å². The quantitative estimate of drug-likeness (QED) is 0.708. The van der Waals surface area contributed by atoms with E-state index in [2.05, 4.69) is 69.9 Å². The standard InChI is InChI=1S/C16H27N/c1-13(2)17(14(3)4)12-11-15(5)16-9-7-6-8-10-16/h6-10,13-15H,11-12H2,1-5H3. The van der Waals surface area contributed by atoms with Crippen LogP contribution in [0.15, 0.2) is 30.3 Å². The van der Waals surface area contributed by atoms with Gasteiger partial charge in [0.25, 0.3) is 0 Å². The number of benzene rings is 1. The summed E-state index contributed by atoms with van der Waals surface area (Å²) in [5.74, 6) is 0.649. The Labute approximate surface area is 107 Å². The molecule has 1 rings (SSSR count). The Morgan fingerprint density at radius 2 is 1.41 bits per heavy atom. The molecular formula is C16H27N. The summed E-state index contributed by atoms with van der Waals surface area (Å²) in [5.41, 5.74) is 1.46. The van der Waals surface area contributed by atoms with E-state index in [1.54, 1.807) is 0 Å². The summed E-state index contributed by atoms with van der Waals surface area (Å²) in [6, 6.07) is 12.1. The topological polar surface area (TPSA) is 3.24 Å². The van der Waals surface area contributed by atoms with E-state index in [-0.39, 0.29) is 0 Å². The highest BCUT2D eigenvalue weighted by Crippen LogP contribution is 2.20. The van der Waals surface area contributed by atoms with Crippen molar-refractivity contribution in [3.63, 3.8) is 0 Å². The maximum Gasteiger partial charge on any atom is 0.00412 e. The van der Waals surface area contributed by atoms with Crippen molar-refractivity contribution in [3.8, 4) is 0 Å². The van der Waals surface area contributed by atoms with E-state index in [4.69, 9.17) is 0 Å². The molecule has 1 atom stereocenters. The van der Waals surface area contributed by atoms with Crippen LogP contribution in [0.2, 0.25) is 0 Å². The molecule has 0 radical (unpaired) electrons. The molecule has 0 aliphatic carbocycles. The second-order valence-electron chi connectivity index (χ2n) is 5.53. The van der Waals surface area contributed by atoms with Crippen LogP contribution in [0.3, 0.4) is 0 Å². The lowest BCUT2D eigenvalue weighted by molar-refractivity contribution is 0.169. The predicted molar refractivity (Wildman–Crippen MR) is 76.5 cm³/mol. The van der Waals surface area contributed by atoms with Crippen LogP contribution in [-0.4, -0.2) is 23.5 Å². The lowest BCUT2D eigenvalue weighted by Crippen LogP contribution is -2.38. The first-order valence-corrected chi connectivity index (χ1v) is 6.83. The Hall–Kier alpha value is -0.820. The first-order chi connectivity index (χ1) is 8.02. The third-order valence-corrected chi connectivity index (χ3v) is 3.52. The maximum atomic E-state index is 2.57. The lowest BCUT2D eigenvalue weighted by atomic mass is 9.97. The zero-order chi connectivity index (χ0) is 12.8. The van der Waals surface area contributed by atoms with Crippen molar-refractivity contribution < 1.29 is 0 Å². The van der Waals surface area contributed by atoms with Crippen molar-refractivity contribution in [1.29, 1.82) is 0 Å². The van der Waals surface area contributed by atoms with Gasteiger partial charge in [-0.25, -0.2) is 0 Å². The van der Waals surface area contributed by atoms with E-state index in [1.165, 1.54) is 18.5 Å². The summed E-state index contributed by atoms with van der Waals surface area (Å²) in [4.78, 5) is 2.57. The Morgan fingerprint density at radius 3 is 1.88 bits per heavy atom. The normalized spacial score (nSPS) is 13.6. The van der Waals surface area contributed by atoms with Crippen LogP contribution in [0.1, 0.15) is 52.5 Å². The molecule has 0 heterocycles. The fourth-order valence-corrected chi connectivity index (χ4v) is 2.40. The minimum absolute atomic E-state index is 0.637. The molecule has 96 valence electrons. The second kappa shape index (κ2) is 6.80. The van der Waals surface area contributed by atoms with Gasteiger partial charge in [-0.2, -0.15) is 0 Å². The third kappa shape index (κ3) is 4.51. The zero-order valence-corrected chi connectivity index (χ0v) is 12.0. The van der Waals surface area contributed by atoms with Crippen molar-refractivity contribution in [3.05, 3.63) is 35.9 Å². The van der Waals surface area contributed by atoms with Crippen molar-refractivity contribution in [1.82, 2.24) is 4.90 Å². The smallest absolute Gasteiger partial charge is 0.00412 e. The molecule has 0 bridgehead atoms. The Bertz CT molecular complexity index is 295. The second-order valence-corrected chi connectivity index (χ2v) is 5.53. The zero-order valence-electron chi connectivity index (χ0n) is 12.0. The largest absolute Gasteiger partial charge is 0.299 e. The van der Waals surface area contributed by atoms with Gasteiger partial charge in [0.05, 0.1) is 0 Å². The van der Waals surface area contributed by atoms with Gasteiger partial charge in [-0.15, -0.1) is 0 Å². The van der Waals surface area contributed by atoms with Crippen LogP contribution in [0.4, 0.5) is 0 Å². The fourth-order valence-electron chi connectivity index (χ4n) is 2.40. The first kappa shape index (κ1) is 14.2. The molecule has 0 fully saturated rings. The van der Waals surface area contributed by atoms with Gasteiger partial charge in [-0.3, -0.25) is 4.90 Å². The number of nitrogens with zero attached hydrogens (tertiary/aromatic N) is 1. The molecule has 0 saturated heterocycles. The first-order valence-electron chi connectivity index (χ1n) is 6.83. The van der Waals surface area contributed by atoms with E-state index in [1.807, 2.05) is 0 Å². The number of hydrogen-bond donors (Lipinski definition) is 0. The molecule has 1 heteroatoms. The highest BCUT2D eigenvalue weighted by molar-refractivity contribution is 5.18. The van der Waals surface area contributed by atoms with Gasteiger partial charge in [-0.1, -0.05) is 37.3 Å². The molecule has 0 aliphatic heterocycles. The van der Waals surface area contributed by atoms with Gasteiger partial charge >= 0.3 is 0 Å². The van der Waals surface area contributed by atoms with Gasteiger partial charge in [0.1, 0.15) is 0 Å². The lowest BCUT2D eigenvalue weighted by Gasteiger charge is -2.31. The Kier molecular flexibility index (Phi) is 5.70. The molecule has 17 heavy (non-hydrogen) atoms. The van der Waals surface area contributed by atoms with Gasteiger partial charge in [0, 0.05) is 12.1 Å². The molecule has 0 spiro atoms. The fraction of sp³-hybridized carbons (Fsp3) is 0.625. The summed E-state index contributed by atoms with van der Waals surface area (Å²) < 4.78 is 0. The summed E-state index contributed by atoms with van der Waals surface area (Å²) in [5, 5.41) is 0. The highest BCUT2D eigenvalue weighted by Gasteiger charge is 2.14. The van der Waals surface area contributed by atoms with Crippen molar-refractivity contribution in [2.24, 2.45) is 0 Å². The summed E-state index contributed by atoms with van der Waals surface area (Å²) in [6.07, 6.45) is 1.24. The van der Waals surface area contributed by atoms with E-state index in [0.717, 1.165) is 0 Å². The molecule has 0 N–H and O–H groups in total. The number of rotatable bonds is 6. The van der Waals surface area contributed by atoms with E-state index in [9.17, 15) is 0 Å². The molecule has 0 saturated carbocycles. The highest BCUT2D eigenvalue weighted by atomic mass is 15.2. The average Bonchev–Trinajstić information content (AvgIpc) is 2.29. The van der Waals surface area contributed by atoms with Crippen molar-refractivity contribution >= 4 is 0 Å². The van der Waals surface area contributed by atoms with Gasteiger partial charge in [0.2, 0.25) is 0 Å².